The molecule has 0 radical (unpaired) electrons. The van der Waals surface area contributed by atoms with Crippen molar-refractivity contribution >= 4 is 18.3 Å². The largest absolute Gasteiger partial charge is 0.480 e. The van der Waals surface area contributed by atoms with Gasteiger partial charge in [-0.15, -0.1) is 0 Å². The van der Waals surface area contributed by atoms with Gasteiger partial charge in [0.25, 0.3) is 0 Å². The summed E-state index contributed by atoms with van der Waals surface area (Å²) in [4.78, 5) is 23.0. The zero-order chi connectivity index (χ0) is 22.6. The molecule has 1 saturated heterocycles. The number of amides is 1. The van der Waals surface area contributed by atoms with Gasteiger partial charge in [0.1, 0.15) is 18.8 Å². The van der Waals surface area contributed by atoms with Crippen LogP contribution in [0.2, 0.25) is 0 Å². The molecule has 1 unspecified atom stereocenters. The number of rotatable bonds is 6. The molecule has 0 bridgehead atoms. The number of allylic oxidation sites excluding steroid dienone is 1. The third-order valence-corrected chi connectivity index (χ3v) is 5.27. The first-order valence-corrected chi connectivity index (χ1v) is 10.5. The molecule has 2 fully saturated rings. The molecule has 31 heavy (non-hydrogen) atoms. The molecule has 1 heterocycles. The second-order valence-electron chi connectivity index (χ2n) is 7.58. The predicted molar refractivity (Wildman–Crippen MR) is 120 cm³/mol. The molecule has 0 aromatic heterocycles. The minimum absolute atomic E-state index is 0.0858. The number of nitrogens with zero attached hydrogens (tertiary/aromatic N) is 1. The van der Waals surface area contributed by atoms with Crippen LogP contribution in [0.1, 0.15) is 62.1 Å². The highest BCUT2D eigenvalue weighted by atomic mass is 16.5. The van der Waals surface area contributed by atoms with Crippen LogP contribution in [0.15, 0.2) is 53.4 Å². The zero-order valence-electron chi connectivity index (χ0n) is 18.0. The maximum atomic E-state index is 9.54. The first kappa shape index (κ1) is 24.0. The number of nitrogens with one attached hydrogen (secondary N) is 2. The van der Waals surface area contributed by atoms with Crippen LogP contribution in [0.3, 0.4) is 0 Å². The third-order valence-electron chi connectivity index (χ3n) is 5.27. The lowest BCUT2D eigenvalue weighted by molar-refractivity contribution is -0.136. The smallest absolute Gasteiger partial charge is 0.322 e. The molecule has 1 aromatic carbocycles. The lowest BCUT2D eigenvalue weighted by Crippen LogP contribution is -2.38. The number of carbonyl (C=O) groups excluding carboxylic acids is 1. The number of carboxylic acids is 1. The van der Waals surface area contributed by atoms with Crippen molar-refractivity contribution in [2.24, 2.45) is 10.7 Å². The van der Waals surface area contributed by atoms with Crippen molar-refractivity contribution in [3.8, 4) is 0 Å². The Morgan fingerprint density at radius 1 is 1.29 bits per heavy atom. The van der Waals surface area contributed by atoms with Crippen LogP contribution in [0.5, 0.6) is 0 Å². The van der Waals surface area contributed by atoms with Crippen molar-refractivity contribution in [3.05, 3.63) is 59.6 Å². The molecule has 8 nitrogen and oxygen atoms in total. The van der Waals surface area contributed by atoms with Gasteiger partial charge < -0.3 is 26.2 Å². The Bertz CT molecular complexity index is 807. The van der Waals surface area contributed by atoms with Gasteiger partial charge in [-0.25, -0.2) is 4.99 Å². The van der Waals surface area contributed by atoms with E-state index in [1.807, 2.05) is 12.2 Å². The molecule has 1 amide bonds. The Balaban J connectivity index is 0.000000423. The summed E-state index contributed by atoms with van der Waals surface area (Å²) in [5, 5.41) is 13.2. The van der Waals surface area contributed by atoms with Crippen molar-refractivity contribution < 1.29 is 19.4 Å². The van der Waals surface area contributed by atoms with Crippen LogP contribution in [-0.4, -0.2) is 36.5 Å². The fourth-order valence-electron chi connectivity index (χ4n) is 3.72. The summed E-state index contributed by atoms with van der Waals surface area (Å²) in [6.07, 6.45) is 8.57. The number of hydrogen-bond donors (Lipinski definition) is 4. The number of aliphatic imine (C=N–C) groups is 1. The van der Waals surface area contributed by atoms with Gasteiger partial charge >= 0.3 is 5.97 Å². The Kier molecular flexibility index (Phi) is 9.61. The van der Waals surface area contributed by atoms with E-state index >= 15 is 0 Å². The Hall–Kier alpha value is -3.29. The van der Waals surface area contributed by atoms with Gasteiger partial charge in [-0.2, -0.15) is 0 Å². The highest BCUT2D eigenvalue weighted by Gasteiger charge is 2.25. The number of hydrogen-bond acceptors (Lipinski definition) is 6. The number of benzene rings is 1. The van der Waals surface area contributed by atoms with Crippen molar-refractivity contribution in [3.63, 3.8) is 0 Å². The molecule has 1 aliphatic carbocycles. The minimum atomic E-state index is -1.04. The summed E-state index contributed by atoms with van der Waals surface area (Å²) >= 11 is 0. The Morgan fingerprint density at radius 3 is 2.45 bits per heavy atom. The van der Waals surface area contributed by atoms with Crippen LogP contribution < -0.4 is 16.4 Å². The number of morpholine rings is 1. The van der Waals surface area contributed by atoms with E-state index < -0.39 is 5.97 Å². The first-order chi connectivity index (χ1) is 15.0. The number of aliphatic carboxylic acids is 1. The quantitative estimate of drug-likeness (QED) is 0.516. The van der Waals surface area contributed by atoms with E-state index in [1.54, 1.807) is 0 Å². The fourth-order valence-corrected chi connectivity index (χ4v) is 3.72. The fraction of sp³-hybridized carbons (Fsp3) is 0.435. The molecule has 1 aliphatic heterocycles. The van der Waals surface area contributed by atoms with E-state index in [9.17, 15) is 9.59 Å². The van der Waals surface area contributed by atoms with Gasteiger partial charge in [0.15, 0.2) is 0 Å². The molecule has 168 valence electrons. The number of ether oxygens (including phenoxy) is 1. The summed E-state index contributed by atoms with van der Waals surface area (Å²) in [7, 11) is 0. The van der Waals surface area contributed by atoms with Crippen molar-refractivity contribution in [2.75, 3.05) is 13.2 Å². The van der Waals surface area contributed by atoms with Gasteiger partial charge in [-0.1, -0.05) is 50.1 Å². The summed E-state index contributed by atoms with van der Waals surface area (Å²) < 4.78 is 5.78. The lowest BCUT2D eigenvalue weighted by atomic mass is 9.83. The van der Waals surface area contributed by atoms with Crippen LogP contribution in [0, 0.1) is 0 Å². The molecule has 3 rings (SSSR count). The summed E-state index contributed by atoms with van der Waals surface area (Å²) in [5.74, 6) is 0.212. The topological polar surface area (TPSA) is 126 Å². The van der Waals surface area contributed by atoms with Crippen LogP contribution >= 0.6 is 0 Å². The highest BCUT2D eigenvalue weighted by molar-refractivity contribution is 5.94. The van der Waals surface area contributed by atoms with Gasteiger partial charge in [0.05, 0.1) is 6.04 Å². The first-order valence-electron chi connectivity index (χ1n) is 10.5. The highest BCUT2D eigenvalue weighted by Crippen LogP contribution is 2.33. The molecule has 0 spiro atoms. The lowest BCUT2D eigenvalue weighted by Gasteiger charge is -2.30. The summed E-state index contributed by atoms with van der Waals surface area (Å²) in [6, 6.07) is 9.06. The molecule has 2 aliphatic rings. The van der Waals surface area contributed by atoms with Crippen molar-refractivity contribution in [1.82, 2.24) is 10.6 Å². The molecule has 5 N–H and O–H groups in total. The SMILES string of the molecule is C=CN=C1OCC(c2ccc(C3CCCCC3)cc2)N/C1=C(/C)N.O=CNCC(=O)O. The number of carboxylic acid groups (broad SMARTS) is 1. The van der Waals surface area contributed by atoms with Gasteiger partial charge in [0, 0.05) is 11.9 Å². The average Bonchev–Trinajstić information content (AvgIpc) is 2.79. The van der Waals surface area contributed by atoms with E-state index in [4.69, 9.17) is 15.6 Å². The van der Waals surface area contributed by atoms with E-state index in [1.165, 1.54) is 49.4 Å². The van der Waals surface area contributed by atoms with Crippen molar-refractivity contribution in [1.29, 1.82) is 0 Å². The molecule has 1 atom stereocenters. The Morgan fingerprint density at radius 2 is 1.94 bits per heavy atom. The minimum Gasteiger partial charge on any atom is -0.480 e. The molecule has 1 saturated carbocycles. The number of nitrogens with two attached hydrogens (primary N) is 1. The third kappa shape index (κ3) is 7.47. The summed E-state index contributed by atoms with van der Waals surface area (Å²) in [6.45, 7) is 5.70. The Labute approximate surface area is 183 Å². The van der Waals surface area contributed by atoms with Gasteiger partial charge in [0.2, 0.25) is 12.3 Å². The van der Waals surface area contributed by atoms with Crippen molar-refractivity contribution in [2.45, 2.75) is 51.0 Å². The van der Waals surface area contributed by atoms with E-state index in [0.29, 0.717) is 24.6 Å². The molecular weight excluding hydrogens is 396 g/mol. The van der Waals surface area contributed by atoms with Crippen LogP contribution in [0.25, 0.3) is 0 Å². The maximum absolute atomic E-state index is 9.54. The van der Waals surface area contributed by atoms with Crippen LogP contribution in [0.4, 0.5) is 0 Å². The second kappa shape index (κ2) is 12.4. The number of carbonyl (C=O) groups is 2. The maximum Gasteiger partial charge on any atom is 0.322 e. The van der Waals surface area contributed by atoms with E-state index in [2.05, 4.69) is 41.2 Å². The van der Waals surface area contributed by atoms with Crippen LogP contribution in [-0.2, 0) is 14.3 Å². The summed E-state index contributed by atoms with van der Waals surface area (Å²) in [5.41, 5.74) is 10.1. The second-order valence-corrected chi connectivity index (χ2v) is 7.58. The molecule has 8 heteroatoms. The van der Waals surface area contributed by atoms with E-state index in [-0.39, 0.29) is 12.6 Å². The molecular formula is C23H32N4O4. The predicted octanol–water partition coefficient (Wildman–Crippen LogP) is 2.94. The molecule has 1 aromatic rings. The van der Waals surface area contributed by atoms with Gasteiger partial charge in [-0.05, 0) is 36.8 Å². The van der Waals surface area contributed by atoms with E-state index in [0.717, 1.165) is 11.6 Å². The standard InChI is InChI=1S/C20H27N3O.C3H5NO3/c1-3-22-20-19(14(2)21)23-18(13-24-20)17-11-9-16(10-12-17)15-7-5-4-6-8-15;5-2-4-1-3(6)7/h3,9-12,15,18,23H,1,4-8,13,21H2,2H3;2H,1H2,(H,4,5)(H,6,7)/b19-14-,22-20?;. The van der Waals surface area contributed by atoms with Gasteiger partial charge in [-0.3, -0.25) is 9.59 Å². The normalized spacial score (nSPS) is 21.6. The average molecular weight is 429 g/mol. The monoisotopic (exact) mass is 428 g/mol. The zero-order valence-corrected chi connectivity index (χ0v) is 18.0.